The van der Waals surface area contributed by atoms with Crippen molar-refractivity contribution in [3.05, 3.63) is 45.9 Å². The zero-order chi connectivity index (χ0) is 15.2. The van der Waals surface area contributed by atoms with Crippen molar-refractivity contribution in [2.45, 2.75) is 33.0 Å². The molecule has 0 bridgehead atoms. The highest BCUT2D eigenvalue weighted by atomic mass is 35.5. The molecule has 0 saturated carbocycles. The molecule has 1 heterocycles. The Hall–Kier alpha value is -1.01. The first-order valence-electron chi connectivity index (χ1n) is 6.97. The third kappa shape index (κ3) is 4.48. The average molecular weight is 326 g/mol. The van der Waals surface area contributed by atoms with Gasteiger partial charge in [-0.05, 0) is 11.5 Å². The van der Waals surface area contributed by atoms with Crippen molar-refractivity contribution in [2.75, 3.05) is 6.61 Å². The molecular weight excluding hydrogens is 306 g/mol. The zero-order valence-corrected chi connectivity index (χ0v) is 13.8. The quantitative estimate of drug-likeness (QED) is 0.849. The number of rotatable bonds is 7. The lowest BCUT2D eigenvalue weighted by Gasteiger charge is -2.32. The Morgan fingerprint density at radius 2 is 1.95 bits per heavy atom. The van der Waals surface area contributed by atoms with Crippen LogP contribution in [0.25, 0.3) is 0 Å². The fraction of sp³-hybridized carbons (Fsp3) is 0.467. The molecule has 0 spiro atoms. The maximum atomic E-state index is 9.73. The lowest BCUT2D eigenvalue weighted by molar-refractivity contribution is 0.0774. The van der Waals surface area contributed by atoms with E-state index in [0.29, 0.717) is 16.8 Å². The zero-order valence-electron chi connectivity index (χ0n) is 12.2. The predicted octanol–water partition coefficient (Wildman–Crippen LogP) is 3.21. The van der Waals surface area contributed by atoms with E-state index >= 15 is 0 Å². The predicted molar refractivity (Wildman–Crippen MR) is 86.3 cm³/mol. The molecule has 0 aliphatic carbocycles. The Bertz CT molecular complexity index is 547. The molecule has 6 heteroatoms. The van der Waals surface area contributed by atoms with Gasteiger partial charge in [0.1, 0.15) is 10.0 Å². The summed E-state index contributed by atoms with van der Waals surface area (Å²) in [5.74, 6) is 0.337. The number of halogens is 1. The summed E-state index contributed by atoms with van der Waals surface area (Å²) in [4.78, 5) is 2.21. The summed E-state index contributed by atoms with van der Waals surface area (Å²) in [6, 6.07) is 10.3. The Balaban J connectivity index is 2.19. The second kappa shape index (κ2) is 7.84. The smallest absolute Gasteiger partial charge is 0.138 e. The van der Waals surface area contributed by atoms with Crippen LogP contribution < -0.4 is 0 Å². The van der Waals surface area contributed by atoms with Crippen LogP contribution in [0.5, 0.6) is 0 Å². The van der Waals surface area contributed by atoms with Gasteiger partial charge in [-0.3, -0.25) is 4.90 Å². The van der Waals surface area contributed by atoms with E-state index in [1.54, 1.807) is 0 Å². The van der Waals surface area contributed by atoms with E-state index < -0.39 is 0 Å². The van der Waals surface area contributed by atoms with Gasteiger partial charge in [0.05, 0.1) is 6.61 Å². The van der Waals surface area contributed by atoms with Crippen molar-refractivity contribution in [2.24, 2.45) is 5.92 Å². The number of aromatic nitrogens is 2. The lowest BCUT2D eigenvalue weighted by Crippen LogP contribution is -2.40. The highest BCUT2D eigenvalue weighted by Crippen LogP contribution is 2.23. The van der Waals surface area contributed by atoms with E-state index in [-0.39, 0.29) is 12.6 Å². The van der Waals surface area contributed by atoms with Crippen molar-refractivity contribution in [3.63, 3.8) is 0 Å². The molecule has 21 heavy (non-hydrogen) atoms. The molecule has 0 unspecified atom stereocenters. The van der Waals surface area contributed by atoms with E-state index in [2.05, 4.69) is 40.5 Å². The third-order valence-electron chi connectivity index (χ3n) is 3.52. The molecule has 0 aliphatic rings. The lowest BCUT2D eigenvalue weighted by atomic mass is 10.0. The van der Waals surface area contributed by atoms with Gasteiger partial charge in [-0.15, -0.1) is 5.10 Å². The number of aliphatic hydroxyl groups is 1. The largest absolute Gasteiger partial charge is 0.395 e. The van der Waals surface area contributed by atoms with E-state index in [9.17, 15) is 5.11 Å². The van der Waals surface area contributed by atoms with Crippen molar-refractivity contribution in [1.82, 2.24) is 14.5 Å². The first-order valence-corrected chi connectivity index (χ1v) is 8.12. The van der Waals surface area contributed by atoms with Gasteiger partial charge in [0, 0.05) is 30.7 Å². The van der Waals surface area contributed by atoms with Gasteiger partial charge >= 0.3 is 0 Å². The fourth-order valence-corrected chi connectivity index (χ4v) is 2.95. The van der Waals surface area contributed by atoms with Gasteiger partial charge in [-0.25, -0.2) is 0 Å². The summed E-state index contributed by atoms with van der Waals surface area (Å²) >= 11 is 7.31. The SMILES string of the molecule is CC(C)[C@@H](CO)N(Cc1ccccc1)Cc1nnsc1Cl. The molecule has 0 radical (unpaired) electrons. The van der Waals surface area contributed by atoms with Crippen molar-refractivity contribution >= 4 is 23.1 Å². The summed E-state index contributed by atoms with van der Waals surface area (Å²) in [5, 5.41) is 13.8. The summed E-state index contributed by atoms with van der Waals surface area (Å²) in [7, 11) is 0. The molecule has 2 aromatic rings. The van der Waals surface area contributed by atoms with Gasteiger partial charge in [0.15, 0.2) is 0 Å². The van der Waals surface area contributed by atoms with Crippen LogP contribution in [-0.2, 0) is 13.1 Å². The normalized spacial score (nSPS) is 13.0. The number of nitrogens with zero attached hydrogens (tertiary/aromatic N) is 3. The monoisotopic (exact) mass is 325 g/mol. The van der Waals surface area contributed by atoms with Crippen LogP contribution in [0, 0.1) is 5.92 Å². The van der Waals surface area contributed by atoms with Gasteiger partial charge < -0.3 is 5.11 Å². The Morgan fingerprint density at radius 3 is 2.48 bits per heavy atom. The highest BCUT2D eigenvalue weighted by molar-refractivity contribution is 7.10. The second-order valence-electron chi connectivity index (χ2n) is 5.38. The van der Waals surface area contributed by atoms with Gasteiger partial charge in [-0.2, -0.15) is 0 Å². The molecule has 0 amide bonds. The maximum absolute atomic E-state index is 9.73. The molecule has 1 aromatic heterocycles. The van der Waals surface area contributed by atoms with Crippen LogP contribution in [0.3, 0.4) is 0 Å². The fourth-order valence-electron chi connectivity index (χ4n) is 2.34. The second-order valence-corrected chi connectivity index (χ2v) is 6.73. The highest BCUT2D eigenvalue weighted by Gasteiger charge is 2.23. The summed E-state index contributed by atoms with van der Waals surface area (Å²) in [5.41, 5.74) is 1.98. The van der Waals surface area contributed by atoms with Crippen LogP contribution in [0.15, 0.2) is 30.3 Å². The molecule has 2 rings (SSSR count). The summed E-state index contributed by atoms with van der Waals surface area (Å²) in [6.07, 6.45) is 0. The number of benzene rings is 1. The molecule has 4 nitrogen and oxygen atoms in total. The Morgan fingerprint density at radius 1 is 1.24 bits per heavy atom. The van der Waals surface area contributed by atoms with Gasteiger partial charge in [-0.1, -0.05) is 60.3 Å². The van der Waals surface area contributed by atoms with Crippen LogP contribution in [0.4, 0.5) is 0 Å². The van der Waals surface area contributed by atoms with Crippen LogP contribution in [-0.4, -0.2) is 32.2 Å². The first kappa shape index (κ1) is 16.4. The van der Waals surface area contributed by atoms with Crippen LogP contribution >= 0.6 is 23.1 Å². The molecule has 0 aliphatic heterocycles. The van der Waals surface area contributed by atoms with Gasteiger partial charge in [0.2, 0.25) is 0 Å². The van der Waals surface area contributed by atoms with Crippen molar-refractivity contribution in [1.29, 1.82) is 0 Å². The van der Waals surface area contributed by atoms with Gasteiger partial charge in [0.25, 0.3) is 0 Å². The van der Waals surface area contributed by atoms with Crippen LogP contribution in [0.1, 0.15) is 25.1 Å². The number of hydrogen-bond acceptors (Lipinski definition) is 5. The number of hydrogen-bond donors (Lipinski definition) is 1. The number of aliphatic hydroxyl groups excluding tert-OH is 1. The maximum Gasteiger partial charge on any atom is 0.138 e. The molecule has 114 valence electrons. The first-order chi connectivity index (χ1) is 10.1. The van der Waals surface area contributed by atoms with E-state index in [0.717, 1.165) is 12.2 Å². The minimum atomic E-state index is 0.0583. The standard InChI is InChI=1S/C15H20ClN3OS/c1-11(2)14(10-20)19(8-12-6-4-3-5-7-12)9-13-15(16)21-18-17-13/h3-7,11,14,20H,8-10H2,1-2H3/t14-/m1/s1. The molecule has 1 aromatic carbocycles. The minimum absolute atomic E-state index is 0.0583. The van der Waals surface area contributed by atoms with E-state index in [1.165, 1.54) is 17.1 Å². The average Bonchev–Trinajstić information content (AvgIpc) is 2.85. The summed E-state index contributed by atoms with van der Waals surface area (Å²) in [6.45, 7) is 5.67. The Labute approximate surface area is 134 Å². The molecule has 1 atom stereocenters. The van der Waals surface area contributed by atoms with Crippen molar-refractivity contribution < 1.29 is 5.11 Å². The van der Waals surface area contributed by atoms with Crippen LogP contribution in [0.2, 0.25) is 4.34 Å². The third-order valence-corrected chi connectivity index (χ3v) is 4.50. The van der Waals surface area contributed by atoms with E-state index in [1.807, 2.05) is 18.2 Å². The molecule has 0 fully saturated rings. The minimum Gasteiger partial charge on any atom is -0.395 e. The topological polar surface area (TPSA) is 49.2 Å². The van der Waals surface area contributed by atoms with Crippen molar-refractivity contribution in [3.8, 4) is 0 Å². The summed E-state index contributed by atoms with van der Waals surface area (Å²) < 4.78 is 4.50. The van der Waals surface area contributed by atoms with E-state index in [4.69, 9.17) is 11.6 Å². The molecule has 0 saturated heterocycles. The Kier molecular flexibility index (Phi) is 6.11. The molecular formula is C15H20ClN3OS. The molecule has 1 N–H and O–H groups in total.